The highest BCUT2D eigenvalue weighted by molar-refractivity contribution is 5.77. The van der Waals surface area contributed by atoms with E-state index in [-0.39, 0.29) is 12.5 Å². The molecule has 2 fully saturated rings. The molecule has 1 aromatic carbocycles. The fourth-order valence-corrected chi connectivity index (χ4v) is 3.15. The van der Waals surface area contributed by atoms with Crippen molar-refractivity contribution in [2.75, 3.05) is 0 Å². The Labute approximate surface area is 135 Å². The van der Waals surface area contributed by atoms with Gasteiger partial charge in [-0.05, 0) is 38.2 Å². The Kier molecular flexibility index (Phi) is 4.02. The molecule has 2 aliphatic rings. The number of rotatable bonds is 4. The van der Waals surface area contributed by atoms with Gasteiger partial charge in [-0.1, -0.05) is 30.3 Å². The number of amides is 1. The molecule has 0 aromatic heterocycles. The Bertz CT molecular complexity index is 596. The number of carbonyl (C=O) groups excluding carboxylic acids is 1. The molecule has 23 heavy (non-hydrogen) atoms. The zero-order chi connectivity index (χ0) is 16.6. The summed E-state index contributed by atoms with van der Waals surface area (Å²) >= 11 is 0. The highest BCUT2D eigenvalue weighted by Crippen LogP contribution is 2.45. The van der Waals surface area contributed by atoms with Crippen molar-refractivity contribution >= 4 is 12.1 Å². The lowest BCUT2D eigenvalue weighted by Gasteiger charge is -2.32. The summed E-state index contributed by atoms with van der Waals surface area (Å²) in [4.78, 5) is 25.5. The Morgan fingerprint density at radius 1 is 1.30 bits per heavy atom. The lowest BCUT2D eigenvalue weighted by molar-refractivity contribution is -0.155. The molecule has 0 spiro atoms. The highest BCUT2D eigenvalue weighted by Gasteiger charge is 2.58. The highest BCUT2D eigenvalue weighted by atomic mass is 16.6. The maximum Gasteiger partial charge on any atom is 0.412 e. The van der Waals surface area contributed by atoms with E-state index in [2.05, 4.69) is 0 Å². The van der Waals surface area contributed by atoms with Gasteiger partial charge in [0, 0.05) is 0 Å². The number of hydrogen-bond donors (Lipinski definition) is 1. The second-order valence-corrected chi connectivity index (χ2v) is 6.56. The third kappa shape index (κ3) is 3.17. The maximum absolute atomic E-state index is 12.6. The first-order valence-corrected chi connectivity index (χ1v) is 7.81. The SMILES string of the molecule is CC1(C)OC(C(=O)O)C(C2CC2)N1C(=O)OCc1ccccc1. The summed E-state index contributed by atoms with van der Waals surface area (Å²) < 4.78 is 11.0. The molecule has 6 nitrogen and oxygen atoms in total. The standard InChI is InChI=1S/C17H21NO5/c1-17(2)18(13(12-8-9-12)14(23-17)15(19)20)16(21)22-10-11-6-4-3-5-7-11/h3-7,12-14H,8-10H2,1-2H3,(H,19,20). The van der Waals surface area contributed by atoms with E-state index in [0.717, 1.165) is 18.4 Å². The molecule has 2 unspecified atom stereocenters. The summed E-state index contributed by atoms with van der Waals surface area (Å²) in [5.74, 6) is -0.865. The topological polar surface area (TPSA) is 76.1 Å². The van der Waals surface area contributed by atoms with Crippen LogP contribution in [0.25, 0.3) is 0 Å². The lowest BCUT2D eigenvalue weighted by atomic mass is 10.1. The van der Waals surface area contributed by atoms with Crippen molar-refractivity contribution in [2.24, 2.45) is 5.92 Å². The van der Waals surface area contributed by atoms with Crippen LogP contribution < -0.4 is 0 Å². The minimum Gasteiger partial charge on any atom is -0.479 e. The molecule has 1 aliphatic heterocycles. The van der Waals surface area contributed by atoms with Crippen molar-refractivity contribution in [3.8, 4) is 0 Å². The molecule has 1 amide bonds. The van der Waals surface area contributed by atoms with E-state index >= 15 is 0 Å². The Balaban J connectivity index is 1.75. The minimum absolute atomic E-state index is 0.154. The third-order valence-electron chi connectivity index (χ3n) is 4.35. The second kappa shape index (κ2) is 5.85. The fraction of sp³-hybridized carbons (Fsp3) is 0.529. The largest absolute Gasteiger partial charge is 0.479 e. The van der Waals surface area contributed by atoms with Crippen LogP contribution in [0.4, 0.5) is 4.79 Å². The molecule has 3 rings (SSSR count). The first kappa shape index (κ1) is 15.8. The number of benzene rings is 1. The van der Waals surface area contributed by atoms with Gasteiger partial charge in [-0.2, -0.15) is 0 Å². The zero-order valence-corrected chi connectivity index (χ0v) is 13.3. The van der Waals surface area contributed by atoms with E-state index in [1.54, 1.807) is 13.8 Å². The van der Waals surface area contributed by atoms with Crippen LogP contribution in [0.1, 0.15) is 32.3 Å². The van der Waals surface area contributed by atoms with Crippen molar-refractivity contribution in [3.05, 3.63) is 35.9 Å². The van der Waals surface area contributed by atoms with Gasteiger partial charge in [-0.3, -0.25) is 4.90 Å². The quantitative estimate of drug-likeness (QED) is 0.923. The van der Waals surface area contributed by atoms with Crippen LogP contribution in [0, 0.1) is 5.92 Å². The Hall–Kier alpha value is -2.08. The summed E-state index contributed by atoms with van der Waals surface area (Å²) in [6.07, 6.45) is 0.300. The van der Waals surface area contributed by atoms with Crippen molar-refractivity contribution < 1.29 is 24.2 Å². The van der Waals surface area contributed by atoms with Crippen LogP contribution in [0.2, 0.25) is 0 Å². The number of carboxylic acid groups (broad SMARTS) is 1. The van der Waals surface area contributed by atoms with E-state index in [9.17, 15) is 14.7 Å². The third-order valence-corrected chi connectivity index (χ3v) is 4.35. The predicted octanol–water partition coefficient (Wildman–Crippen LogP) is 2.62. The molecule has 124 valence electrons. The normalized spacial score (nSPS) is 26.1. The molecule has 1 N–H and O–H groups in total. The van der Waals surface area contributed by atoms with Crippen LogP contribution in [0.3, 0.4) is 0 Å². The van der Waals surface area contributed by atoms with Crippen LogP contribution in [0.5, 0.6) is 0 Å². The van der Waals surface area contributed by atoms with E-state index in [1.165, 1.54) is 4.90 Å². The van der Waals surface area contributed by atoms with Crippen LogP contribution in [0.15, 0.2) is 30.3 Å². The molecule has 1 heterocycles. The first-order valence-electron chi connectivity index (χ1n) is 7.81. The van der Waals surface area contributed by atoms with Crippen molar-refractivity contribution in [1.82, 2.24) is 4.90 Å². The monoisotopic (exact) mass is 319 g/mol. The van der Waals surface area contributed by atoms with Gasteiger partial charge in [-0.15, -0.1) is 0 Å². The van der Waals surface area contributed by atoms with Crippen LogP contribution >= 0.6 is 0 Å². The lowest BCUT2D eigenvalue weighted by Crippen LogP contribution is -2.50. The van der Waals surface area contributed by atoms with Crippen LogP contribution in [-0.4, -0.2) is 39.9 Å². The molecular weight excluding hydrogens is 298 g/mol. The summed E-state index contributed by atoms with van der Waals surface area (Å²) in [6.45, 7) is 3.56. The number of ether oxygens (including phenoxy) is 2. The van der Waals surface area contributed by atoms with Gasteiger partial charge in [0.15, 0.2) is 6.10 Å². The molecular formula is C17H21NO5. The smallest absolute Gasteiger partial charge is 0.412 e. The first-order chi connectivity index (χ1) is 10.9. The Morgan fingerprint density at radius 3 is 2.52 bits per heavy atom. The van der Waals surface area contributed by atoms with Gasteiger partial charge in [-0.25, -0.2) is 9.59 Å². The molecule has 0 radical (unpaired) electrons. The average molecular weight is 319 g/mol. The van der Waals surface area contributed by atoms with Gasteiger partial charge in [0.05, 0.1) is 6.04 Å². The summed E-state index contributed by atoms with van der Waals surface area (Å²) in [6, 6.07) is 8.92. The molecule has 6 heteroatoms. The second-order valence-electron chi connectivity index (χ2n) is 6.56. The summed E-state index contributed by atoms with van der Waals surface area (Å²) in [5.41, 5.74) is -0.110. The number of aliphatic carboxylic acids is 1. The fourth-order valence-electron chi connectivity index (χ4n) is 3.15. The van der Waals surface area contributed by atoms with Crippen molar-refractivity contribution in [2.45, 2.75) is 51.2 Å². The van der Waals surface area contributed by atoms with Crippen molar-refractivity contribution in [3.63, 3.8) is 0 Å². The summed E-state index contributed by atoms with van der Waals surface area (Å²) in [7, 11) is 0. The molecule has 0 bridgehead atoms. The number of nitrogens with zero attached hydrogens (tertiary/aromatic N) is 1. The van der Waals surface area contributed by atoms with Gasteiger partial charge >= 0.3 is 12.1 Å². The number of carboxylic acids is 1. The molecule has 2 atom stereocenters. The van der Waals surface area contributed by atoms with E-state index < -0.39 is 29.9 Å². The molecule has 1 aromatic rings. The maximum atomic E-state index is 12.6. The van der Waals surface area contributed by atoms with E-state index in [4.69, 9.17) is 9.47 Å². The Morgan fingerprint density at radius 2 is 1.96 bits per heavy atom. The number of carbonyl (C=O) groups is 2. The molecule has 1 saturated heterocycles. The minimum atomic E-state index is -1.03. The summed E-state index contributed by atoms with van der Waals surface area (Å²) in [5, 5.41) is 9.40. The van der Waals surface area contributed by atoms with Gasteiger partial charge in [0.1, 0.15) is 12.3 Å². The van der Waals surface area contributed by atoms with E-state index in [0.29, 0.717) is 0 Å². The van der Waals surface area contributed by atoms with Gasteiger partial charge in [0.2, 0.25) is 0 Å². The molecule has 1 aliphatic carbocycles. The van der Waals surface area contributed by atoms with E-state index in [1.807, 2.05) is 30.3 Å². The zero-order valence-electron chi connectivity index (χ0n) is 13.3. The molecule has 1 saturated carbocycles. The van der Waals surface area contributed by atoms with Crippen molar-refractivity contribution in [1.29, 1.82) is 0 Å². The van der Waals surface area contributed by atoms with Gasteiger partial charge in [0.25, 0.3) is 0 Å². The predicted molar refractivity (Wildman–Crippen MR) is 81.6 cm³/mol. The number of hydrogen-bond acceptors (Lipinski definition) is 4. The van der Waals surface area contributed by atoms with Crippen LogP contribution in [-0.2, 0) is 20.9 Å². The average Bonchev–Trinajstić information content (AvgIpc) is 3.29. The van der Waals surface area contributed by atoms with Gasteiger partial charge < -0.3 is 14.6 Å².